The van der Waals surface area contributed by atoms with Crippen LogP contribution in [-0.4, -0.2) is 40.0 Å². The Balaban J connectivity index is 2.82. The molecule has 1 N–H and O–H groups in total. The normalized spacial score (nSPS) is 9.50. The summed E-state index contributed by atoms with van der Waals surface area (Å²) in [5.41, 5.74) is 0.415. The minimum absolute atomic E-state index is 0.202. The van der Waals surface area contributed by atoms with Gasteiger partial charge in [-0.05, 0) is 12.1 Å². The number of aromatic nitrogens is 1. The maximum absolute atomic E-state index is 11.9. The van der Waals surface area contributed by atoms with E-state index < -0.39 is 5.97 Å². The molecule has 0 aliphatic carbocycles. The van der Waals surface area contributed by atoms with Crippen molar-refractivity contribution in [3.8, 4) is 0 Å². The third-order valence-corrected chi connectivity index (χ3v) is 1.89. The van der Waals surface area contributed by atoms with Crippen LogP contribution in [0.25, 0.3) is 0 Å². The van der Waals surface area contributed by atoms with Crippen molar-refractivity contribution in [1.82, 2.24) is 9.88 Å². The Kier molecular flexibility index (Phi) is 4.20. The molecule has 1 rings (SSSR count). The highest BCUT2D eigenvalue weighted by molar-refractivity contribution is 5.95. The van der Waals surface area contributed by atoms with E-state index in [0.717, 1.165) is 0 Å². The average molecular weight is 220 g/mol. The van der Waals surface area contributed by atoms with Gasteiger partial charge in [0.2, 0.25) is 0 Å². The molecule has 0 saturated heterocycles. The quantitative estimate of drug-likeness (QED) is 0.745. The topological polar surface area (TPSA) is 70.5 Å². The molecule has 1 aromatic heterocycles. The summed E-state index contributed by atoms with van der Waals surface area (Å²) in [4.78, 5) is 27.4. The van der Waals surface area contributed by atoms with Gasteiger partial charge in [-0.15, -0.1) is 6.58 Å². The molecule has 1 aromatic rings. The van der Waals surface area contributed by atoms with E-state index in [1.54, 1.807) is 12.1 Å². The second-order valence-corrected chi connectivity index (χ2v) is 3.10. The van der Waals surface area contributed by atoms with Crippen LogP contribution < -0.4 is 0 Å². The van der Waals surface area contributed by atoms with E-state index in [2.05, 4.69) is 11.6 Å². The fourth-order valence-electron chi connectivity index (χ4n) is 1.22. The lowest BCUT2D eigenvalue weighted by Crippen LogP contribution is -2.35. The fourth-order valence-corrected chi connectivity index (χ4v) is 1.22. The van der Waals surface area contributed by atoms with Crippen molar-refractivity contribution in [3.63, 3.8) is 0 Å². The molecule has 0 saturated carbocycles. The maximum atomic E-state index is 11.9. The number of pyridine rings is 1. The summed E-state index contributed by atoms with van der Waals surface area (Å²) < 4.78 is 0. The molecule has 5 nitrogen and oxygen atoms in total. The molecule has 5 heteroatoms. The Hall–Kier alpha value is -2.17. The second-order valence-electron chi connectivity index (χ2n) is 3.10. The fraction of sp³-hybridized carbons (Fsp3) is 0.182. The highest BCUT2D eigenvalue weighted by Gasteiger charge is 2.16. The number of carboxylic acids is 1. The zero-order chi connectivity index (χ0) is 12.0. The van der Waals surface area contributed by atoms with Gasteiger partial charge in [-0.2, -0.15) is 0 Å². The highest BCUT2D eigenvalue weighted by Crippen LogP contribution is 2.03. The summed E-state index contributed by atoms with van der Waals surface area (Å²) in [5.74, 6) is -1.39. The first kappa shape index (κ1) is 11.9. The molecule has 84 valence electrons. The minimum atomic E-state index is -1.05. The largest absolute Gasteiger partial charge is 0.480 e. The van der Waals surface area contributed by atoms with Crippen LogP contribution in [0.4, 0.5) is 0 Å². The van der Waals surface area contributed by atoms with Gasteiger partial charge in [0, 0.05) is 24.5 Å². The molecule has 16 heavy (non-hydrogen) atoms. The first-order valence-corrected chi connectivity index (χ1v) is 4.67. The summed E-state index contributed by atoms with van der Waals surface area (Å²) in [7, 11) is 0. The summed E-state index contributed by atoms with van der Waals surface area (Å²) >= 11 is 0. The maximum Gasteiger partial charge on any atom is 0.323 e. The third-order valence-electron chi connectivity index (χ3n) is 1.89. The molecular weight excluding hydrogens is 208 g/mol. The number of rotatable bonds is 5. The van der Waals surface area contributed by atoms with Gasteiger partial charge in [-0.3, -0.25) is 14.6 Å². The molecular formula is C11H12N2O3. The Bertz CT molecular complexity index is 389. The van der Waals surface area contributed by atoms with Gasteiger partial charge in [0.15, 0.2) is 0 Å². The third kappa shape index (κ3) is 3.20. The van der Waals surface area contributed by atoms with Crippen LogP contribution in [0.3, 0.4) is 0 Å². The number of carboxylic acid groups (broad SMARTS) is 1. The second kappa shape index (κ2) is 5.65. The molecule has 0 radical (unpaired) electrons. The molecule has 0 atom stereocenters. The Morgan fingerprint density at radius 1 is 1.44 bits per heavy atom. The number of carbonyl (C=O) groups is 2. The van der Waals surface area contributed by atoms with Gasteiger partial charge >= 0.3 is 5.97 Å². The predicted octanol–water partition coefficient (Wildman–Crippen LogP) is 0.794. The van der Waals surface area contributed by atoms with Crippen molar-refractivity contribution in [2.45, 2.75) is 0 Å². The van der Waals surface area contributed by atoms with Crippen LogP contribution in [0.5, 0.6) is 0 Å². The Morgan fingerprint density at radius 2 is 2.06 bits per heavy atom. The van der Waals surface area contributed by atoms with Gasteiger partial charge < -0.3 is 10.0 Å². The van der Waals surface area contributed by atoms with E-state index >= 15 is 0 Å². The van der Waals surface area contributed by atoms with Gasteiger partial charge in [0.25, 0.3) is 5.91 Å². The van der Waals surface area contributed by atoms with E-state index in [-0.39, 0.29) is 19.0 Å². The van der Waals surface area contributed by atoms with Crippen molar-refractivity contribution >= 4 is 11.9 Å². The molecule has 0 aliphatic heterocycles. The lowest BCUT2D eigenvalue weighted by molar-refractivity contribution is -0.137. The van der Waals surface area contributed by atoms with Crippen LogP contribution in [-0.2, 0) is 4.79 Å². The van der Waals surface area contributed by atoms with Gasteiger partial charge in [0.05, 0.1) is 0 Å². The number of hydrogen-bond acceptors (Lipinski definition) is 3. The molecule has 0 fully saturated rings. The van der Waals surface area contributed by atoms with E-state index in [1.807, 2.05) is 0 Å². The van der Waals surface area contributed by atoms with E-state index in [4.69, 9.17) is 5.11 Å². The van der Waals surface area contributed by atoms with E-state index in [0.29, 0.717) is 5.56 Å². The van der Waals surface area contributed by atoms with Crippen LogP contribution in [0.15, 0.2) is 37.2 Å². The van der Waals surface area contributed by atoms with Gasteiger partial charge in [-0.1, -0.05) is 6.08 Å². The number of carbonyl (C=O) groups excluding carboxylic acids is 1. The number of amides is 1. The smallest absolute Gasteiger partial charge is 0.323 e. The van der Waals surface area contributed by atoms with Crippen molar-refractivity contribution < 1.29 is 14.7 Å². The van der Waals surface area contributed by atoms with Crippen molar-refractivity contribution in [1.29, 1.82) is 0 Å². The Morgan fingerprint density at radius 3 is 2.56 bits per heavy atom. The number of hydrogen-bond donors (Lipinski definition) is 1. The number of aliphatic carboxylic acids is 1. The van der Waals surface area contributed by atoms with E-state index in [9.17, 15) is 9.59 Å². The Labute approximate surface area is 93.0 Å². The summed E-state index contributed by atoms with van der Waals surface area (Å²) in [6, 6.07) is 3.08. The summed E-state index contributed by atoms with van der Waals surface area (Å²) in [6.45, 7) is 3.35. The summed E-state index contributed by atoms with van der Waals surface area (Å²) in [5, 5.41) is 8.67. The zero-order valence-electron chi connectivity index (χ0n) is 8.67. The summed E-state index contributed by atoms with van der Waals surface area (Å²) in [6.07, 6.45) is 4.46. The predicted molar refractivity (Wildman–Crippen MR) is 58.0 cm³/mol. The molecule has 0 spiro atoms. The molecule has 0 aliphatic rings. The molecule has 0 unspecified atom stereocenters. The first-order chi connectivity index (χ1) is 7.65. The minimum Gasteiger partial charge on any atom is -0.480 e. The monoisotopic (exact) mass is 220 g/mol. The van der Waals surface area contributed by atoms with Gasteiger partial charge in [0.1, 0.15) is 6.54 Å². The van der Waals surface area contributed by atoms with Crippen LogP contribution in [0, 0.1) is 0 Å². The highest BCUT2D eigenvalue weighted by atomic mass is 16.4. The zero-order valence-corrected chi connectivity index (χ0v) is 8.67. The SMILES string of the molecule is C=CCN(CC(=O)O)C(=O)c1ccncc1. The van der Waals surface area contributed by atoms with Crippen LogP contribution in [0.1, 0.15) is 10.4 Å². The van der Waals surface area contributed by atoms with E-state index in [1.165, 1.54) is 23.4 Å². The number of nitrogens with zero attached hydrogens (tertiary/aromatic N) is 2. The van der Waals surface area contributed by atoms with Crippen molar-refractivity contribution in [2.75, 3.05) is 13.1 Å². The first-order valence-electron chi connectivity index (χ1n) is 4.67. The average Bonchev–Trinajstić information content (AvgIpc) is 2.28. The molecule has 0 bridgehead atoms. The molecule has 1 amide bonds. The lowest BCUT2D eigenvalue weighted by Gasteiger charge is -2.18. The van der Waals surface area contributed by atoms with Crippen LogP contribution >= 0.6 is 0 Å². The lowest BCUT2D eigenvalue weighted by atomic mass is 10.2. The molecule has 0 aromatic carbocycles. The van der Waals surface area contributed by atoms with Gasteiger partial charge in [-0.25, -0.2) is 0 Å². The van der Waals surface area contributed by atoms with Crippen molar-refractivity contribution in [3.05, 3.63) is 42.7 Å². The van der Waals surface area contributed by atoms with Crippen molar-refractivity contribution in [2.24, 2.45) is 0 Å². The van der Waals surface area contributed by atoms with Crippen LogP contribution in [0.2, 0.25) is 0 Å². The molecule has 1 heterocycles. The standard InChI is InChI=1S/C11H12N2O3/c1-2-7-13(8-10(14)15)11(16)9-3-5-12-6-4-9/h2-6H,1,7-8H2,(H,14,15).